The summed E-state index contributed by atoms with van der Waals surface area (Å²) >= 11 is 6.17. The van der Waals surface area contributed by atoms with Gasteiger partial charge in [0.05, 0.1) is 5.56 Å². The van der Waals surface area contributed by atoms with E-state index >= 15 is 0 Å². The minimum absolute atomic E-state index is 0.509. The van der Waals surface area contributed by atoms with Crippen molar-refractivity contribution in [2.24, 2.45) is 0 Å². The summed E-state index contributed by atoms with van der Waals surface area (Å²) in [7, 11) is 0. The van der Waals surface area contributed by atoms with Crippen LogP contribution in [0.2, 0.25) is 5.02 Å². The summed E-state index contributed by atoms with van der Waals surface area (Å²) in [5, 5.41) is 12.0. The van der Waals surface area contributed by atoms with Gasteiger partial charge in [0, 0.05) is 24.2 Å². The van der Waals surface area contributed by atoms with Crippen molar-refractivity contribution in [3.8, 4) is 11.5 Å². The Morgan fingerprint density at radius 3 is 2.57 bits per heavy atom. The first-order valence-electron chi connectivity index (χ1n) is 6.61. The van der Waals surface area contributed by atoms with Gasteiger partial charge in [0.15, 0.2) is 0 Å². The van der Waals surface area contributed by atoms with Crippen LogP contribution in [0, 0.1) is 6.92 Å². The van der Waals surface area contributed by atoms with Gasteiger partial charge in [-0.1, -0.05) is 41.9 Å². The summed E-state index contributed by atoms with van der Waals surface area (Å²) < 4.78 is 5.50. The van der Waals surface area contributed by atoms with Crippen molar-refractivity contribution < 1.29 is 4.42 Å². The van der Waals surface area contributed by atoms with Crippen LogP contribution in [0.3, 0.4) is 0 Å². The van der Waals surface area contributed by atoms with Crippen molar-refractivity contribution in [2.75, 3.05) is 5.32 Å². The molecule has 0 fully saturated rings. The highest BCUT2D eigenvalue weighted by Crippen LogP contribution is 2.27. The molecule has 1 heterocycles. The number of rotatable bonds is 4. The molecule has 0 aliphatic rings. The fourth-order valence-corrected chi connectivity index (χ4v) is 2.26. The molecule has 0 aliphatic carbocycles. The second kappa shape index (κ2) is 5.97. The van der Waals surface area contributed by atoms with Crippen molar-refractivity contribution in [3.63, 3.8) is 0 Å². The Labute approximate surface area is 127 Å². The maximum atomic E-state index is 6.17. The van der Waals surface area contributed by atoms with Gasteiger partial charge in [0.2, 0.25) is 11.8 Å². The van der Waals surface area contributed by atoms with E-state index in [1.54, 1.807) is 6.92 Å². The van der Waals surface area contributed by atoms with Crippen molar-refractivity contribution >= 4 is 17.3 Å². The number of anilines is 1. The molecule has 0 saturated carbocycles. The van der Waals surface area contributed by atoms with Crippen LogP contribution in [0.25, 0.3) is 11.5 Å². The lowest BCUT2D eigenvalue weighted by atomic mass is 10.1. The van der Waals surface area contributed by atoms with Crippen molar-refractivity contribution in [1.29, 1.82) is 0 Å². The predicted octanol–water partition coefficient (Wildman–Crippen LogP) is 4.31. The molecule has 21 heavy (non-hydrogen) atoms. The first kappa shape index (κ1) is 13.6. The summed E-state index contributed by atoms with van der Waals surface area (Å²) in [6.45, 7) is 2.40. The normalized spacial score (nSPS) is 10.6. The van der Waals surface area contributed by atoms with Gasteiger partial charge in [0.1, 0.15) is 0 Å². The molecule has 0 bridgehead atoms. The number of hydrogen-bond donors (Lipinski definition) is 1. The van der Waals surface area contributed by atoms with E-state index in [0.29, 0.717) is 18.3 Å². The Balaban J connectivity index is 1.85. The summed E-state index contributed by atoms with van der Waals surface area (Å²) in [6, 6.07) is 15.6. The molecule has 0 amide bonds. The number of aryl methyl sites for hydroxylation is 1. The van der Waals surface area contributed by atoms with Gasteiger partial charge >= 0.3 is 0 Å². The van der Waals surface area contributed by atoms with E-state index in [1.165, 1.54) is 0 Å². The van der Waals surface area contributed by atoms with E-state index in [9.17, 15) is 0 Å². The fraction of sp³-hybridized carbons (Fsp3) is 0.125. The number of benzene rings is 2. The van der Waals surface area contributed by atoms with Gasteiger partial charge in [-0.05, 0) is 23.8 Å². The fourth-order valence-electron chi connectivity index (χ4n) is 2.06. The highest BCUT2D eigenvalue weighted by Gasteiger charge is 2.10. The minimum atomic E-state index is 0.509. The molecule has 0 radical (unpaired) electrons. The second-order valence-electron chi connectivity index (χ2n) is 4.62. The average Bonchev–Trinajstić information content (AvgIpc) is 2.93. The third-order valence-corrected chi connectivity index (χ3v) is 3.48. The highest BCUT2D eigenvalue weighted by atomic mass is 35.5. The zero-order valence-electron chi connectivity index (χ0n) is 11.5. The molecule has 4 nitrogen and oxygen atoms in total. The molecule has 1 N–H and O–H groups in total. The van der Waals surface area contributed by atoms with Crippen LogP contribution in [0.15, 0.2) is 52.9 Å². The first-order valence-corrected chi connectivity index (χ1v) is 6.98. The van der Waals surface area contributed by atoms with E-state index < -0.39 is 0 Å². The van der Waals surface area contributed by atoms with Crippen molar-refractivity contribution in [2.45, 2.75) is 13.5 Å². The number of nitrogens with zero attached hydrogens (tertiary/aromatic N) is 2. The standard InChI is InChI=1S/C16H14ClN3O/c1-11-19-20-16(21-11)13-7-3-5-9-15(13)18-10-12-6-2-4-8-14(12)17/h2-9,18H,10H2,1H3. The maximum Gasteiger partial charge on any atom is 0.249 e. The summed E-state index contributed by atoms with van der Waals surface area (Å²) in [4.78, 5) is 0. The Morgan fingerprint density at radius 1 is 1.05 bits per heavy atom. The van der Waals surface area contributed by atoms with Gasteiger partial charge in [-0.25, -0.2) is 0 Å². The SMILES string of the molecule is Cc1nnc(-c2ccccc2NCc2ccccc2Cl)o1. The molecule has 3 aromatic rings. The number of halogens is 1. The molecular formula is C16H14ClN3O. The lowest BCUT2D eigenvalue weighted by Gasteiger charge is -2.10. The lowest BCUT2D eigenvalue weighted by Crippen LogP contribution is -2.01. The van der Waals surface area contributed by atoms with E-state index in [4.69, 9.17) is 16.0 Å². The summed E-state index contributed by atoms with van der Waals surface area (Å²) in [6.07, 6.45) is 0. The second-order valence-corrected chi connectivity index (χ2v) is 5.02. The number of aromatic nitrogens is 2. The van der Waals surface area contributed by atoms with E-state index in [-0.39, 0.29) is 0 Å². The molecular weight excluding hydrogens is 286 g/mol. The van der Waals surface area contributed by atoms with Crippen LogP contribution in [0.1, 0.15) is 11.5 Å². The van der Waals surface area contributed by atoms with Gasteiger partial charge in [-0.15, -0.1) is 10.2 Å². The van der Waals surface area contributed by atoms with Gasteiger partial charge in [-0.2, -0.15) is 0 Å². The molecule has 0 atom stereocenters. The van der Waals surface area contributed by atoms with Gasteiger partial charge in [-0.3, -0.25) is 0 Å². The zero-order valence-corrected chi connectivity index (χ0v) is 12.3. The number of para-hydroxylation sites is 1. The molecule has 5 heteroatoms. The smallest absolute Gasteiger partial charge is 0.249 e. The number of hydrogen-bond acceptors (Lipinski definition) is 4. The van der Waals surface area contributed by atoms with Crippen LogP contribution >= 0.6 is 11.6 Å². The molecule has 0 unspecified atom stereocenters. The van der Waals surface area contributed by atoms with E-state index in [2.05, 4.69) is 15.5 Å². The van der Waals surface area contributed by atoms with Crippen LogP contribution in [0.5, 0.6) is 0 Å². The third kappa shape index (κ3) is 3.06. The topological polar surface area (TPSA) is 51.0 Å². The molecule has 3 rings (SSSR count). The van der Waals surface area contributed by atoms with Crippen molar-refractivity contribution in [3.05, 3.63) is 65.0 Å². The molecule has 0 aliphatic heterocycles. The lowest BCUT2D eigenvalue weighted by molar-refractivity contribution is 0.533. The monoisotopic (exact) mass is 299 g/mol. The van der Waals surface area contributed by atoms with Crippen LogP contribution < -0.4 is 5.32 Å². The van der Waals surface area contributed by atoms with Crippen LogP contribution in [-0.2, 0) is 6.54 Å². The Morgan fingerprint density at radius 2 is 1.81 bits per heavy atom. The van der Waals surface area contributed by atoms with Crippen molar-refractivity contribution in [1.82, 2.24) is 10.2 Å². The van der Waals surface area contributed by atoms with Crippen LogP contribution in [0.4, 0.5) is 5.69 Å². The molecule has 106 valence electrons. The Bertz CT molecular complexity index is 755. The zero-order chi connectivity index (χ0) is 14.7. The van der Waals surface area contributed by atoms with Gasteiger partial charge < -0.3 is 9.73 Å². The minimum Gasteiger partial charge on any atom is -0.421 e. The van der Waals surface area contributed by atoms with E-state index in [1.807, 2.05) is 48.5 Å². The Hall–Kier alpha value is -2.33. The number of nitrogens with one attached hydrogen (secondary N) is 1. The summed E-state index contributed by atoms with van der Waals surface area (Å²) in [5.74, 6) is 1.06. The molecule has 0 spiro atoms. The third-order valence-electron chi connectivity index (χ3n) is 3.11. The maximum absolute atomic E-state index is 6.17. The van der Waals surface area contributed by atoms with Gasteiger partial charge in [0.25, 0.3) is 0 Å². The predicted molar refractivity (Wildman–Crippen MR) is 83.2 cm³/mol. The quantitative estimate of drug-likeness (QED) is 0.780. The largest absolute Gasteiger partial charge is 0.421 e. The van der Waals surface area contributed by atoms with Crippen LogP contribution in [-0.4, -0.2) is 10.2 Å². The molecule has 2 aromatic carbocycles. The average molecular weight is 300 g/mol. The summed E-state index contributed by atoms with van der Waals surface area (Å²) in [5.41, 5.74) is 2.85. The molecule has 1 aromatic heterocycles. The molecule has 0 saturated heterocycles. The first-order chi connectivity index (χ1) is 10.2. The highest BCUT2D eigenvalue weighted by molar-refractivity contribution is 6.31. The van der Waals surface area contributed by atoms with E-state index in [0.717, 1.165) is 21.8 Å². The Kier molecular flexibility index (Phi) is 3.88.